The molecule has 7 nitrogen and oxygen atoms in total. The Labute approximate surface area is 165 Å². The quantitative estimate of drug-likeness (QED) is 0.725. The van der Waals surface area contributed by atoms with Gasteiger partial charge in [-0.3, -0.25) is 4.79 Å². The number of fused-ring (bicyclic) bond motifs is 1. The molecular formula is C21H27N5O2. The number of carbonyl (C=O) groups is 1. The zero-order valence-electron chi connectivity index (χ0n) is 16.0. The first-order valence-corrected chi connectivity index (χ1v) is 10.0. The molecule has 0 radical (unpaired) electrons. The number of nitrogens with one attached hydrogen (secondary N) is 1. The summed E-state index contributed by atoms with van der Waals surface area (Å²) >= 11 is 0. The van der Waals surface area contributed by atoms with Gasteiger partial charge in [0.2, 0.25) is 5.91 Å². The summed E-state index contributed by atoms with van der Waals surface area (Å²) in [5.74, 6) is 1.89. The number of hydrogen-bond donors (Lipinski definition) is 3. The van der Waals surface area contributed by atoms with Crippen molar-refractivity contribution in [3.05, 3.63) is 41.1 Å². The van der Waals surface area contributed by atoms with E-state index in [0.29, 0.717) is 17.3 Å². The van der Waals surface area contributed by atoms with Crippen LogP contribution in [0.2, 0.25) is 0 Å². The normalized spacial score (nSPS) is 17.4. The molecule has 7 heteroatoms. The van der Waals surface area contributed by atoms with Gasteiger partial charge < -0.3 is 21.1 Å². The lowest BCUT2D eigenvalue weighted by Crippen LogP contribution is -2.37. The lowest BCUT2D eigenvalue weighted by molar-refractivity contribution is 0.100. The van der Waals surface area contributed by atoms with Crippen molar-refractivity contribution in [3.8, 4) is 11.4 Å². The first-order valence-electron chi connectivity index (χ1n) is 10.0. The number of carbonyl (C=O) groups excluding carboxylic acids is 1. The highest BCUT2D eigenvalue weighted by Gasteiger charge is 2.25. The van der Waals surface area contributed by atoms with Gasteiger partial charge in [0.15, 0.2) is 5.82 Å². The Kier molecular flexibility index (Phi) is 5.54. The predicted molar refractivity (Wildman–Crippen MR) is 108 cm³/mol. The number of primary amides is 1. The van der Waals surface area contributed by atoms with E-state index in [1.165, 1.54) is 5.56 Å². The fourth-order valence-corrected chi connectivity index (χ4v) is 4.13. The van der Waals surface area contributed by atoms with E-state index < -0.39 is 5.91 Å². The molecule has 28 heavy (non-hydrogen) atoms. The third-order valence-electron chi connectivity index (χ3n) is 5.79. The van der Waals surface area contributed by atoms with E-state index >= 15 is 0 Å². The van der Waals surface area contributed by atoms with Gasteiger partial charge in [-0.2, -0.15) is 0 Å². The molecule has 1 aromatic carbocycles. The number of benzene rings is 1. The van der Waals surface area contributed by atoms with Gasteiger partial charge in [-0.15, -0.1) is 0 Å². The van der Waals surface area contributed by atoms with Crippen molar-refractivity contribution >= 4 is 11.7 Å². The first-order chi connectivity index (χ1) is 13.7. The summed E-state index contributed by atoms with van der Waals surface area (Å²) in [6.07, 6.45) is 3.99. The van der Waals surface area contributed by atoms with Gasteiger partial charge in [0.25, 0.3) is 0 Å². The second-order valence-corrected chi connectivity index (χ2v) is 7.61. The minimum absolute atomic E-state index is 0.269. The Morgan fingerprint density at radius 2 is 1.96 bits per heavy atom. The van der Waals surface area contributed by atoms with Crippen LogP contribution in [0.15, 0.2) is 24.3 Å². The molecule has 0 unspecified atom stereocenters. The van der Waals surface area contributed by atoms with Crippen LogP contribution in [0.5, 0.6) is 0 Å². The molecule has 4 rings (SSSR count). The number of anilines is 1. The Balaban J connectivity index is 1.66. The van der Waals surface area contributed by atoms with Gasteiger partial charge in [-0.05, 0) is 50.3 Å². The third-order valence-corrected chi connectivity index (χ3v) is 5.79. The van der Waals surface area contributed by atoms with E-state index in [1.54, 1.807) is 12.1 Å². The fraction of sp³-hybridized carbons (Fsp3) is 0.476. The van der Waals surface area contributed by atoms with Crippen LogP contribution in [0.1, 0.15) is 40.9 Å². The van der Waals surface area contributed by atoms with E-state index in [-0.39, 0.29) is 6.61 Å². The summed E-state index contributed by atoms with van der Waals surface area (Å²) in [5, 5.41) is 12.6. The largest absolute Gasteiger partial charge is 0.396 e. The minimum atomic E-state index is -0.437. The van der Waals surface area contributed by atoms with Crippen molar-refractivity contribution < 1.29 is 9.90 Å². The van der Waals surface area contributed by atoms with Crippen LogP contribution in [0.25, 0.3) is 11.4 Å². The van der Waals surface area contributed by atoms with E-state index in [1.807, 2.05) is 12.1 Å². The first kappa shape index (κ1) is 18.8. The van der Waals surface area contributed by atoms with Crippen molar-refractivity contribution in [3.63, 3.8) is 0 Å². The van der Waals surface area contributed by atoms with Crippen LogP contribution in [-0.4, -0.2) is 47.2 Å². The zero-order chi connectivity index (χ0) is 19.5. The van der Waals surface area contributed by atoms with Crippen molar-refractivity contribution in [2.45, 2.75) is 32.2 Å². The molecule has 2 aromatic rings. The maximum absolute atomic E-state index is 11.3. The van der Waals surface area contributed by atoms with E-state index in [0.717, 1.165) is 68.9 Å². The molecule has 2 aliphatic rings. The van der Waals surface area contributed by atoms with Crippen LogP contribution in [0.3, 0.4) is 0 Å². The van der Waals surface area contributed by atoms with Gasteiger partial charge in [-0.1, -0.05) is 12.1 Å². The van der Waals surface area contributed by atoms with Crippen LogP contribution in [0, 0.1) is 5.92 Å². The van der Waals surface area contributed by atoms with Crippen LogP contribution >= 0.6 is 0 Å². The van der Waals surface area contributed by atoms with E-state index in [2.05, 4.69) is 10.2 Å². The second kappa shape index (κ2) is 8.24. The highest BCUT2D eigenvalue weighted by Crippen LogP contribution is 2.31. The number of nitrogens with two attached hydrogens (primary N) is 1. The molecule has 1 amide bonds. The van der Waals surface area contributed by atoms with E-state index in [4.69, 9.17) is 15.7 Å². The molecule has 4 N–H and O–H groups in total. The van der Waals surface area contributed by atoms with Gasteiger partial charge >= 0.3 is 0 Å². The smallest absolute Gasteiger partial charge is 0.248 e. The molecule has 1 saturated heterocycles. The summed E-state index contributed by atoms with van der Waals surface area (Å²) in [6.45, 7) is 3.88. The van der Waals surface area contributed by atoms with Crippen molar-refractivity contribution in [1.82, 2.24) is 15.3 Å². The molecule has 0 saturated carbocycles. The summed E-state index contributed by atoms with van der Waals surface area (Å²) in [6, 6.07) is 7.15. The SMILES string of the molecule is NC(=O)c1ccc(-c2nc3c(c(N4CCC(CCO)CC4)n2)CCNC3)cc1. The molecule has 0 spiro atoms. The van der Waals surface area contributed by atoms with Gasteiger partial charge in [-0.25, -0.2) is 9.97 Å². The van der Waals surface area contributed by atoms with Gasteiger partial charge in [0.1, 0.15) is 5.82 Å². The molecule has 148 valence electrons. The highest BCUT2D eigenvalue weighted by atomic mass is 16.3. The zero-order valence-corrected chi connectivity index (χ0v) is 16.0. The topological polar surface area (TPSA) is 104 Å². The predicted octanol–water partition coefficient (Wildman–Crippen LogP) is 1.49. The number of aromatic nitrogens is 2. The molecule has 0 aliphatic carbocycles. The number of hydrogen-bond acceptors (Lipinski definition) is 6. The van der Waals surface area contributed by atoms with Crippen LogP contribution in [-0.2, 0) is 13.0 Å². The number of aliphatic hydroxyl groups excluding tert-OH is 1. The Hall–Kier alpha value is -2.51. The number of amides is 1. The minimum Gasteiger partial charge on any atom is -0.396 e. The summed E-state index contributed by atoms with van der Waals surface area (Å²) in [7, 11) is 0. The van der Waals surface area contributed by atoms with Crippen LogP contribution in [0.4, 0.5) is 5.82 Å². The third kappa shape index (κ3) is 3.86. The lowest BCUT2D eigenvalue weighted by atomic mass is 9.93. The molecule has 3 heterocycles. The van der Waals surface area contributed by atoms with Gasteiger partial charge in [0, 0.05) is 42.9 Å². The lowest BCUT2D eigenvalue weighted by Gasteiger charge is -2.35. The molecule has 0 atom stereocenters. The highest BCUT2D eigenvalue weighted by molar-refractivity contribution is 5.93. The Morgan fingerprint density at radius 3 is 2.64 bits per heavy atom. The number of piperidine rings is 1. The number of nitrogens with zero attached hydrogens (tertiary/aromatic N) is 3. The average Bonchev–Trinajstić information content (AvgIpc) is 2.74. The Morgan fingerprint density at radius 1 is 1.21 bits per heavy atom. The molecule has 1 aromatic heterocycles. The van der Waals surface area contributed by atoms with Gasteiger partial charge in [0.05, 0.1) is 5.69 Å². The molecule has 0 bridgehead atoms. The summed E-state index contributed by atoms with van der Waals surface area (Å²) < 4.78 is 0. The second-order valence-electron chi connectivity index (χ2n) is 7.61. The standard InChI is InChI=1S/C21H27N5O2/c22-19(28)15-1-3-16(4-2-15)20-24-18-13-23-9-5-17(18)21(25-20)26-10-6-14(7-11-26)8-12-27/h1-4,14,23,27H,5-13H2,(H2,22,28). The molecular weight excluding hydrogens is 354 g/mol. The summed E-state index contributed by atoms with van der Waals surface area (Å²) in [5.41, 5.74) is 9.02. The monoisotopic (exact) mass is 381 g/mol. The van der Waals surface area contributed by atoms with Crippen molar-refractivity contribution in [2.75, 3.05) is 31.1 Å². The summed E-state index contributed by atoms with van der Waals surface area (Å²) in [4.78, 5) is 23.5. The average molecular weight is 381 g/mol. The van der Waals surface area contributed by atoms with E-state index in [9.17, 15) is 9.90 Å². The molecule has 1 fully saturated rings. The maximum Gasteiger partial charge on any atom is 0.248 e. The number of aliphatic hydroxyl groups is 1. The van der Waals surface area contributed by atoms with Crippen LogP contribution < -0.4 is 16.0 Å². The van der Waals surface area contributed by atoms with Crippen molar-refractivity contribution in [1.29, 1.82) is 0 Å². The fourth-order valence-electron chi connectivity index (χ4n) is 4.13. The maximum atomic E-state index is 11.3. The van der Waals surface area contributed by atoms with Crippen molar-refractivity contribution in [2.24, 2.45) is 11.7 Å². The number of rotatable bonds is 5. The Bertz CT molecular complexity index is 845. The molecule has 2 aliphatic heterocycles.